The minimum absolute atomic E-state index is 0.0118. The predicted octanol–water partition coefficient (Wildman–Crippen LogP) is 2.67. The van der Waals surface area contributed by atoms with Crippen LogP contribution in [0, 0.1) is 0 Å². The fourth-order valence-corrected chi connectivity index (χ4v) is 5.54. The fraction of sp³-hybridized carbons (Fsp3) is 0.450. The molecule has 1 aromatic carbocycles. The molecule has 7 nitrogen and oxygen atoms in total. The van der Waals surface area contributed by atoms with Crippen LogP contribution in [0.15, 0.2) is 45.5 Å². The number of halogens is 1. The lowest BCUT2D eigenvalue weighted by molar-refractivity contribution is 0.0492. The molecule has 0 radical (unpaired) electrons. The van der Waals surface area contributed by atoms with Gasteiger partial charge < -0.3 is 14.3 Å². The van der Waals surface area contributed by atoms with E-state index in [0.717, 1.165) is 0 Å². The Hall–Kier alpha value is -1.68. The molecule has 0 aliphatic carbocycles. The molecule has 2 aromatic rings. The van der Waals surface area contributed by atoms with Crippen LogP contribution in [0.3, 0.4) is 0 Å². The van der Waals surface area contributed by atoms with Crippen LogP contribution in [0.1, 0.15) is 29.5 Å². The average Bonchev–Trinajstić information content (AvgIpc) is 3.24. The zero-order chi connectivity index (χ0) is 21.0. The number of benzene rings is 1. The van der Waals surface area contributed by atoms with Gasteiger partial charge in [0, 0.05) is 12.6 Å². The molecule has 1 saturated heterocycles. The summed E-state index contributed by atoms with van der Waals surface area (Å²) in [4.78, 5) is 13.6. The third-order valence-corrected chi connectivity index (χ3v) is 7.03. The molecular formula is C20H24BrNO6S. The van der Waals surface area contributed by atoms with Crippen LogP contribution in [0.4, 0.5) is 0 Å². The van der Waals surface area contributed by atoms with E-state index in [0.29, 0.717) is 34.7 Å². The Kier molecular flexibility index (Phi) is 7.15. The Balaban J connectivity index is 1.66. The van der Waals surface area contributed by atoms with E-state index in [1.54, 1.807) is 30.3 Å². The van der Waals surface area contributed by atoms with Crippen LogP contribution >= 0.6 is 15.9 Å². The van der Waals surface area contributed by atoms with Crippen LogP contribution in [-0.4, -0.2) is 61.0 Å². The number of furan rings is 1. The van der Waals surface area contributed by atoms with Gasteiger partial charge in [-0.1, -0.05) is 12.1 Å². The van der Waals surface area contributed by atoms with Crippen molar-refractivity contribution in [1.29, 1.82) is 0 Å². The molecule has 2 heterocycles. The Morgan fingerprint density at radius 1 is 1.34 bits per heavy atom. The summed E-state index contributed by atoms with van der Waals surface area (Å²) in [5.74, 6) is 1.20. The number of Topliss-reactive ketones (excluding diaryl/α,β-unsaturated/α-hetero) is 1. The van der Waals surface area contributed by atoms with Crippen LogP contribution in [0.5, 0.6) is 5.75 Å². The van der Waals surface area contributed by atoms with Crippen molar-refractivity contribution in [2.24, 2.45) is 0 Å². The van der Waals surface area contributed by atoms with E-state index in [9.17, 15) is 18.3 Å². The first kappa shape index (κ1) is 22.0. The highest BCUT2D eigenvalue weighted by molar-refractivity contribution is 9.10. The van der Waals surface area contributed by atoms with Gasteiger partial charge in [-0.15, -0.1) is 0 Å². The minimum atomic E-state index is -3.07. The summed E-state index contributed by atoms with van der Waals surface area (Å²) in [7, 11) is -3.07. The molecule has 1 aromatic heterocycles. The van der Waals surface area contributed by atoms with Gasteiger partial charge in [0.05, 0.1) is 23.6 Å². The number of para-hydroxylation sites is 1. The molecule has 1 aliphatic heterocycles. The molecule has 0 amide bonds. The van der Waals surface area contributed by atoms with E-state index in [1.165, 1.54) is 6.92 Å². The lowest BCUT2D eigenvalue weighted by Crippen LogP contribution is -2.42. The van der Waals surface area contributed by atoms with Crippen LogP contribution in [0.25, 0.3) is 0 Å². The quantitative estimate of drug-likeness (QED) is 0.545. The van der Waals surface area contributed by atoms with Gasteiger partial charge in [-0.2, -0.15) is 0 Å². The molecule has 0 saturated carbocycles. The van der Waals surface area contributed by atoms with Gasteiger partial charge in [-0.05, 0) is 53.5 Å². The molecule has 2 unspecified atom stereocenters. The number of hydrogen-bond donors (Lipinski definition) is 1. The topological polar surface area (TPSA) is 97.1 Å². The largest absolute Gasteiger partial charge is 0.490 e. The lowest BCUT2D eigenvalue weighted by atomic mass is 10.1. The Labute approximate surface area is 178 Å². The number of carbonyl (C=O) groups is 1. The molecule has 0 bridgehead atoms. The van der Waals surface area contributed by atoms with Crippen LogP contribution < -0.4 is 4.74 Å². The van der Waals surface area contributed by atoms with Crippen molar-refractivity contribution in [2.75, 3.05) is 24.7 Å². The Bertz CT molecular complexity index is 957. The van der Waals surface area contributed by atoms with Gasteiger partial charge in [0.2, 0.25) is 0 Å². The zero-order valence-corrected chi connectivity index (χ0v) is 18.5. The number of aliphatic hydroxyl groups is 1. The summed E-state index contributed by atoms with van der Waals surface area (Å²) in [5.41, 5.74) is 0.457. The molecule has 158 valence electrons. The summed E-state index contributed by atoms with van der Waals surface area (Å²) < 4.78 is 35.7. The maximum Gasteiger partial charge on any atom is 0.169 e. The molecule has 2 atom stereocenters. The normalized spacial score (nSPS) is 19.4. The van der Waals surface area contributed by atoms with E-state index in [2.05, 4.69) is 15.9 Å². The van der Waals surface area contributed by atoms with Gasteiger partial charge in [0.25, 0.3) is 0 Å². The van der Waals surface area contributed by atoms with Gasteiger partial charge in [-0.25, -0.2) is 8.42 Å². The number of ketones is 1. The number of carbonyl (C=O) groups excluding carboxylic acids is 1. The lowest BCUT2D eigenvalue weighted by Gasteiger charge is -2.29. The van der Waals surface area contributed by atoms with Gasteiger partial charge in [0.15, 0.2) is 20.3 Å². The number of ether oxygens (including phenoxy) is 1. The minimum Gasteiger partial charge on any atom is -0.490 e. The van der Waals surface area contributed by atoms with Gasteiger partial charge in [-0.3, -0.25) is 9.69 Å². The predicted molar refractivity (Wildman–Crippen MR) is 112 cm³/mol. The molecular weight excluding hydrogens is 462 g/mol. The van der Waals surface area contributed by atoms with Crippen molar-refractivity contribution in [3.05, 3.63) is 52.4 Å². The van der Waals surface area contributed by atoms with Crippen LogP contribution in [-0.2, 0) is 16.4 Å². The number of aliphatic hydroxyl groups excluding tert-OH is 1. The van der Waals surface area contributed by atoms with E-state index < -0.39 is 15.9 Å². The molecule has 1 N–H and O–H groups in total. The second-order valence-electron chi connectivity index (χ2n) is 7.21. The maximum atomic E-state index is 11.9. The maximum absolute atomic E-state index is 11.9. The first-order chi connectivity index (χ1) is 13.7. The zero-order valence-electron chi connectivity index (χ0n) is 16.1. The van der Waals surface area contributed by atoms with Gasteiger partial charge >= 0.3 is 0 Å². The van der Waals surface area contributed by atoms with E-state index in [-0.39, 0.29) is 36.5 Å². The Morgan fingerprint density at radius 3 is 2.72 bits per heavy atom. The van der Waals surface area contributed by atoms with Crippen LogP contribution in [0.2, 0.25) is 0 Å². The third-order valence-electron chi connectivity index (χ3n) is 4.86. The standard InChI is InChI=1S/C20H24BrNO6S/c1-14(23)18-4-2-3-5-19(18)27-12-16(24)10-22(11-17-6-7-20(21)28-17)15-8-9-29(25,26)13-15/h2-7,15-16,24H,8-13H2,1H3. The highest BCUT2D eigenvalue weighted by atomic mass is 79.9. The number of hydrogen-bond acceptors (Lipinski definition) is 7. The summed E-state index contributed by atoms with van der Waals surface area (Å²) in [6, 6.07) is 10.3. The van der Waals surface area contributed by atoms with Crippen molar-refractivity contribution in [2.45, 2.75) is 32.0 Å². The van der Waals surface area contributed by atoms with Crippen molar-refractivity contribution >= 4 is 31.6 Å². The summed E-state index contributed by atoms with van der Waals surface area (Å²) >= 11 is 3.27. The van der Waals surface area contributed by atoms with Gasteiger partial charge in [0.1, 0.15) is 24.2 Å². The SMILES string of the molecule is CC(=O)c1ccccc1OCC(O)CN(Cc1ccc(Br)o1)C1CCS(=O)(=O)C1. The summed E-state index contributed by atoms with van der Waals surface area (Å²) in [6.07, 6.45) is -0.345. The summed E-state index contributed by atoms with van der Waals surface area (Å²) in [5, 5.41) is 10.5. The molecule has 9 heteroatoms. The highest BCUT2D eigenvalue weighted by Crippen LogP contribution is 2.23. The number of rotatable bonds is 9. The van der Waals surface area contributed by atoms with Crippen molar-refractivity contribution in [1.82, 2.24) is 4.90 Å². The molecule has 1 aliphatic rings. The van der Waals surface area contributed by atoms with E-state index in [4.69, 9.17) is 9.15 Å². The number of nitrogens with zero attached hydrogens (tertiary/aromatic N) is 1. The molecule has 3 rings (SSSR count). The first-order valence-electron chi connectivity index (χ1n) is 9.33. The molecule has 1 fully saturated rings. The smallest absolute Gasteiger partial charge is 0.169 e. The highest BCUT2D eigenvalue weighted by Gasteiger charge is 2.33. The average molecular weight is 486 g/mol. The van der Waals surface area contributed by atoms with Crippen molar-refractivity contribution < 1.29 is 27.5 Å². The third kappa shape index (κ3) is 6.15. The van der Waals surface area contributed by atoms with Crippen molar-refractivity contribution in [3.63, 3.8) is 0 Å². The second-order valence-corrected chi connectivity index (χ2v) is 10.2. The Morgan fingerprint density at radius 2 is 2.10 bits per heavy atom. The van der Waals surface area contributed by atoms with E-state index in [1.807, 2.05) is 11.0 Å². The molecule has 0 spiro atoms. The molecule has 29 heavy (non-hydrogen) atoms. The van der Waals surface area contributed by atoms with E-state index >= 15 is 0 Å². The fourth-order valence-electron chi connectivity index (χ4n) is 3.44. The number of sulfone groups is 1. The van der Waals surface area contributed by atoms with Crippen molar-refractivity contribution in [3.8, 4) is 5.75 Å². The first-order valence-corrected chi connectivity index (χ1v) is 11.9. The second kappa shape index (κ2) is 9.42. The summed E-state index contributed by atoms with van der Waals surface area (Å²) in [6.45, 7) is 2.05. The monoisotopic (exact) mass is 485 g/mol.